The lowest BCUT2D eigenvalue weighted by Crippen LogP contribution is -2.41. The Morgan fingerprint density at radius 3 is 2.53 bits per heavy atom. The largest absolute Gasteiger partial charge is 0.374 e. The normalized spacial score (nSPS) is 25.6. The molecule has 2 rings (SSSR count). The highest BCUT2D eigenvalue weighted by molar-refractivity contribution is 5.53. The lowest BCUT2D eigenvalue weighted by molar-refractivity contribution is 0.301. The summed E-state index contributed by atoms with van der Waals surface area (Å²) in [6.45, 7) is 10.0. The predicted octanol–water partition coefficient (Wildman–Crippen LogP) is 3.50. The van der Waals surface area contributed by atoms with Crippen LogP contribution >= 0.6 is 0 Å². The minimum absolute atomic E-state index is 0.299. The van der Waals surface area contributed by atoms with Gasteiger partial charge in [-0.15, -0.1) is 0 Å². The topological polar surface area (TPSA) is 29.3 Å². The fourth-order valence-electron chi connectivity index (χ4n) is 3.43. The molecule has 0 heterocycles. The van der Waals surface area contributed by atoms with Gasteiger partial charge in [0.05, 0.1) is 0 Å². The van der Waals surface area contributed by atoms with E-state index in [1.165, 1.54) is 29.7 Å². The van der Waals surface area contributed by atoms with Gasteiger partial charge in [-0.1, -0.05) is 31.5 Å². The van der Waals surface area contributed by atoms with Crippen molar-refractivity contribution in [2.24, 2.45) is 17.1 Å². The maximum atomic E-state index is 6.42. The smallest absolute Gasteiger partial charge is 0.0393 e. The standard InChI is InChI=1S/C17H28N2/c1-12-6-7-15(13(2)10-12)19(5)11-14-8-9-17(3,4)16(14)18/h6-7,10,14,16H,8-9,11,18H2,1-5H3. The van der Waals surface area contributed by atoms with E-state index in [2.05, 4.69) is 57.8 Å². The summed E-state index contributed by atoms with van der Waals surface area (Å²) in [6.07, 6.45) is 2.50. The fraction of sp³-hybridized carbons (Fsp3) is 0.647. The summed E-state index contributed by atoms with van der Waals surface area (Å²) < 4.78 is 0. The van der Waals surface area contributed by atoms with Crippen molar-refractivity contribution < 1.29 is 0 Å². The van der Waals surface area contributed by atoms with Crippen LogP contribution in [0, 0.1) is 25.2 Å². The zero-order valence-electron chi connectivity index (χ0n) is 13.0. The summed E-state index contributed by atoms with van der Waals surface area (Å²) >= 11 is 0. The first-order valence-corrected chi connectivity index (χ1v) is 7.35. The summed E-state index contributed by atoms with van der Waals surface area (Å²) in [5.74, 6) is 0.612. The van der Waals surface area contributed by atoms with Crippen molar-refractivity contribution in [3.63, 3.8) is 0 Å². The average molecular weight is 260 g/mol. The Labute approximate surface area is 118 Å². The summed E-state index contributed by atoms with van der Waals surface area (Å²) in [7, 11) is 2.19. The number of anilines is 1. The van der Waals surface area contributed by atoms with Crippen LogP contribution in [0.1, 0.15) is 37.8 Å². The molecule has 0 saturated heterocycles. The molecule has 2 nitrogen and oxygen atoms in total. The second kappa shape index (κ2) is 5.16. The van der Waals surface area contributed by atoms with Crippen molar-refractivity contribution in [3.05, 3.63) is 29.3 Å². The van der Waals surface area contributed by atoms with E-state index in [1.54, 1.807) is 0 Å². The van der Waals surface area contributed by atoms with Gasteiger partial charge >= 0.3 is 0 Å². The minimum Gasteiger partial charge on any atom is -0.374 e. The van der Waals surface area contributed by atoms with Gasteiger partial charge in [0.2, 0.25) is 0 Å². The first-order valence-electron chi connectivity index (χ1n) is 7.35. The van der Waals surface area contributed by atoms with Crippen LogP contribution in [0.2, 0.25) is 0 Å². The zero-order valence-corrected chi connectivity index (χ0v) is 13.0. The van der Waals surface area contributed by atoms with Crippen molar-refractivity contribution >= 4 is 5.69 Å². The molecule has 2 N–H and O–H groups in total. The maximum Gasteiger partial charge on any atom is 0.0393 e. The molecule has 0 aliphatic heterocycles. The zero-order chi connectivity index (χ0) is 14.2. The van der Waals surface area contributed by atoms with Crippen LogP contribution in [-0.2, 0) is 0 Å². The van der Waals surface area contributed by atoms with Crippen LogP contribution in [0.25, 0.3) is 0 Å². The molecule has 1 aliphatic rings. The van der Waals surface area contributed by atoms with Crippen molar-refractivity contribution in [3.8, 4) is 0 Å². The molecule has 106 valence electrons. The van der Waals surface area contributed by atoms with E-state index in [0.29, 0.717) is 17.4 Å². The highest BCUT2D eigenvalue weighted by Crippen LogP contribution is 2.40. The third-order valence-corrected chi connectivity index (χ3v) is 4.84. The molecule has 1 aromatic rings. The SMILES string of the molecule is Cc1ccc(N(C)CC2CCC(C)(C)C2N)c(C)c1. The number of hydrogen-bond donors (Lipinski definition) is 1. The monoisotopic (exact) mass is 260 g/mol. The molecule has 0 aromatic heterocycles. The van der Waals surface area contributed by atoms with Crippen LogP contribution in [0.3, 0.4) is 0 Å². The van der Waals surface area contributed by atoms with Gasteiger partial charge in [0, 0.05) is 25.3 Å². The highest BCUT2D eigenvalue weighted by Gasteiger charge is 2.39. The summed E-state index contributed by atoms with van der Waals surface area (Å²) in [4.78, 5) is 2.38. The number of benzene rings is 1. The van der Waals surface area contributed by atoms with E-state index in [4.69, 9.17) is 5.73 Å². The van der Waals surface area contributed by atoms with Gasteiger partial charge in [-0.25, -0.2) is 0 Å². The van der Waals surface area contributed by atoms with E-state index in [-0.39, 0.29) is 0 Å². The molecule has 0 bridgehead atoms. The van der Waals surface area contributed by atoms with E-state index in [1.807, 2.05) is 0 Å². The predicted molar refractivity (Wildman–Crippen MR) is 83.7 cm³/mol. The first kappa shape index (κ1) is 14.4. The second-order valence-electron chi connectivity index (χ2n) is 6.98. The van der Waals surface area contributed by atoms with Crippen LogP contribution in [-0.4, -0.2) is 19.6 Å². The van der Waals surface area contributed by atoms with Crippen LogP contribution in [0.5, 0.6) is 0 Å². The summed E-state index contributed by atoms with van der Waals surface area (Å²) in [5.41, 5.74) is 10.7. The summed E-state index contributed by atoms with van der Waals surface area (Å²) in [5, 5.41) is 0. The molecule has 1 aliphatic carbocycles. The Hall–Kier alpha value is -1.02. The highest BCUT2D eigenvalue weighted by atomic mass is 15.1. The quantitative estimate of drug-likeness (QED) is 0.901. The Bertz CT molecular complexity index is 451. The Morgan fingerprint density at radius 1 is 1.32 bits per heavy atom. The molecule has 1 aromatic carbocycles. The van der Waals surface area contributed by atoms with Gasteiger partial charge in [-0.05, 0) is 49.7 Å². The van der Waals surface area contributed by atoms with E-state index in [9.17, 15) is 0 Å². The maximum absolute atomic E-state index is 6.42. The molecular formula is C17H28N2. The van der Waals surface area contributed by atoms with Gasteiger partial charge in [0.1, 0.15) is 0 Å². The third kappa shape index (κ3) is 2.94. The lowest BCUT2D eigenvalue weighted by Gasteiger charge is -2.31. The lowest BCUT2D eigenvalue weighted by atomic mass is 9.85. The first-order chi connectivity index (χ1) is 8.81. The Morgan fingerprint density at radius 2 is 2.00 bits per heavy atom. The second-order valence-corrected chi connectivity index (χ2v) is 6.98. The van der Waals surface area contributed by atoms with Crippen LogP contribution < -0.4 is 10.6 Å². The third-order valence-electron chi connectivity index (χ3n) is 4.84. The van der Waals surface area contributed by atoms with Gasteiger partial charge < -0.3 is 10.6 Å². The fourth-order valence-corrected chi connectivity index (χ4v) is 3.43. The van der Waals surface area contributed by atoms with E-state index in [0.717, 1.165) is 6.54 Å². The number of nitrogens with two attached hydrogens (primary N) is 1. The van der Waals surface area contributed by atoms with Crippen LogP contribution in [0.4, 0.5) is 5.69 Å². The molecule has 1 saturated carbocycles. The van der Waals surface area contributed by atoms with Crippen molar-refractivity contribution in [2.75, 3.05) is 18.5 Å². The molecule has 2 heteroatoms. The number of rotatable bonds is 3. The molecule has 2 unspecified atom stereocenters. The number of hydrogen-bond acceptors (Lipinski definition) is 2. The molecule has 1 fully saturated rings. The van der Waals surface area contributed by atoms with Gasteiger partial charge in [0.25, 0.3) is 0 Å². The Kier molecular flexibility index (Phi) is 3.91. The molecule has 2 atom stereocenters. The molecule has 0 spiro atoms. The summed E-state index contributed by atoms with van der Waals surface area (Å²) in [6, 6.07) is 7.00. The van der Waals surface area contributed by atoms with E-state index >= 15 is 0 Å². The van der Waals surface area contributed by atoms with Crippen LogP contribution in [0.15, 0.2) is 18.2 Å². The number of aryl methyl sites for hydroxylation is 2. The van der Waals surface area contributed by atoms with Crippen molar-refractivity contribution in [2.45, 2.75) is 46.6 Å². The van der Waals surface area contributed by atoms with Crippen molar-refractivity contribution in [1.82, 2.24) is 0 Å². The molecule has 0 radical (unpaired) electrons. The van der Waals surface area contributed by atoms with Gasteiger partial charge in [-0.3, -0.25) is 0 Å². The number of nitrogens with zero attached hydrogens (tertiary/aromatic N) is 1. The molecular weight excluding hydrogens is 232 g/mol. The average Bonchev–Trinajstić information content (AvgIpc) is 2.56. The van der Waals surface area contributed by atoms with E-state index < -0.39 is 0 Å². The van der Waals surface area contributed by atoms with Gasteiger partial charge in [-0.2, -0.15) is 0 Å². The Balaban J connectivity index is 2.07. The van der Waals surface area contributed by atoms with Gasteiger partial charge in [0.15, 0.2) is 0 Å². The molecule has 19 heavy (non-hydrogen) atoms. The minimum atomic E-state index is 0.299. The van der Waals surface area contributed by atoms with Crippen molar-refractivity contribution in [1.29, 1.82) is 0 Å². The molecule has 0 amide bonds.